The highest BCUT2D eigenvalue weighted by molar-refractivity contribution is 5.47. The number of ether oxygens (including phenoxy) is 1. The molecule has 0 aromatic heterocycles. The van der Waals surface area contributed by atoms with E-state index in [1.54, 1.807) is 0 Å². The molecule has 2 nitrogen and oxygen atoms in total. The molecule has 2 aromatic rings. The van der Waals surface area contributed by atoms with Crippen molar-refractivity contribution in [3.63, 3.8) is 0 Å². The molecule has 5 heteroatoms. The summed E-state index contributed by atoms with van der Waals surface area (Å²) in [6, 6.07) is 14.8. The average Bonchev–Trinajstić information content (AvgIpc) is 2.47. The molecule has 124 valence electrons. The van der Waals surface area contributed by atoms with Crippen LogP contribution in [-0.2, 0) is 17.5 Å². The minimum Gasteiger partial charge on any atom is -0.378 e. The number of hydrogen-bond donors (Lipinski definition) is 1. The van der Waals surface area contributed by atoms with Crippen LogP contribution in [0.25, 0.3) is 0 Å². The average molecular weight is 323 g/mol. The molecule has 0 unspecified atom stereocenters. The van der Waals surface area contributed by atoms with Crippen molar-refractivity contribution in [2.24, 2.45) is 0 Å². The van der Waals surface area contributed by atoms with Gasteiger partial charge >= 0.3 is 6.18 Å². The molecule has 23 heavy (non-hydrogen) atoms. The number of nitrogens with one attached hydrogen (secondary N) is 1. The number of benzene rings is 2. The number of hydrogen-bond acceptors (Lipinski definition) is 2. The van der Waals surface area contributed by atoms with E-state index in [2.05, 4.69) is 5.32 Å². The van der Waals surface area contributed by atoms with Crippen LogP contribution in [0.2, 0.25) is 0 Å². The Kier molecular flexibility index (Phi) is 5.31. The van der Waals surface area contributed by atoms with Gasteiger partial charge in [0.2, 0.25) is 0 Å². The van der Waals surface area contributed by atoms with Crippen LogP contribution in [0.1, 0.15) is 25.0 Å². The van der Waals surface area contributed by atoms with E-state index < -0.39 is 17.3 Å². The molecular formula is C18H20F3NO. The topological polar surface area (TPSA) is 21.3 Å². The van der Waals surface area contributed by atoms with Crippen molar-refractivity contribution >= 4 is 5.69 Å². The van der Waals surface area contributed by atoms with Crippen LogP contribution in [-0.4, -0.2) is 12.1 Å². The Balaban J connectivity index is 1.87. The highest BCUT2D eigenvalue weighted by Crippen LogP contribution is 2.30. The zero-order valence-corrected chi connectivity index (χ0v) is 13.2. The second kappa shape index (κ2) is 7.04. The van der Waals surface area contributed by atoms with Gasteiger partial charge in [-0.3, -0.25) is 0 Å². The first-order chi connectivity index (χ1) is 10.8. The lowest BCUT2D eigenvalue weighted by Gasteiger charge is -2.27. The summed E-state index contributed by atoms with van der Waals surface area (Å²) in [6.45, 7) is 4.81. The number of alkyl halides is 3. The third-order valence-electron chi connectivity index (χ3n) is 3.27. The van der Waals surface area contributed by atoms with Crippen LogP contribution < -0.4 is 5.32 Å². The maximum Gasteiger partial charge on any atom is 0.416 e. The first kappa shape index (κ1) is 17.3. The largest absolute Gasteiger partial charge is 0.416 e. The monoisotopic (exact) mass is 323 g/mol. The Bertz CT molecular complexity index is 606. The first-order valence-corrected chi connectivity index (χ1v) is 7.33. The lowest BCUT2D eigenvalue weighted by atomic mass is 10.1. The minimum atomic E-state index is -4.31. The highest BCUT2D eigenvalue weighted by Gasteiger charge is 2.30. The van der Waals surface area contributed by atoms with E-state index in [0.29, 0.717) is 18.9 Å². The fraction of sp³-hybridized carbons (Fsp3) is 0.333. The van der Waals surface area contributed by atoms with Gasteiger partial charge in [-0.2, -0.15) is 13.2 Å². The summed E-state index contributed by atoms with van der Waals surface area (Å²) < 4.78 is 43.3. The van der Waals surface area contributed by atoms with Crippen LogP contribution in [0.3, 0.4) is 0 Å². The van der Waals surface area contributed by atoms with Crippen molar-refractivity contribution in [1.29, 1.82) is 0 Å². The number of rotatable bonds is 6. The van der Waals surface area contributed by atoms with Gasteiger partial charge in [0.1, 0.15) is 0 Å². The molecule has 0 bridgehead atoms. The quantitative estimate of drug-likeness (QED) is 0.797. The lowest BCUT2D eigenvalue weighted by Crippen LogP contribution is -2.36. The smallest absolute Gasteiger partial charge is 0.378 e. The molecule has 0 atom stereocenters. The molecule has 0 saturated carbocycles. The predicted octanol–water partition coefficient (Wildman–Crippen LogP) is 5.11. The van der Waals surface area contributed by atoms with E-state index in [1.807, 2.05) is 44.2 Å². The minimum absolute atomic E-state index is 0.394. The SMILES string of the molecule is CC(C)(COCc1ccccc1)Nc1ccc(C(F)(F)F)cc1. The van der Waals surface area contributed by atoms with Gasteiger partial charge in [-0.05, 0) is 43.7 Å². The summed E-state index contributed by atoms with van der Waals surface area (Å²) >= 11 is 0. The zero-order valence-electron chi connectivity index (χ0n) is 13.2. The molecule has 2 rings (SSSR count). The molecule has 0 spiro atoms. The zero-order chi connectivity index (χ0) is 16.9. The standard InChI is InChI=1S/C18H20F3NO/c1-17(2,13-23-12-14-6-4-3-5-7-14)22-16-10-8-15(9-11-16)18(19,20)21/h3-11,22H,12-13H2,1-2H3. The van der Waals surface area contributed by atoms with E-state index in [0.717, 1.165) is 17.7 Å². The maximum atomic E-state index is 12.5. The van der Waals surface area contributed by atoms with Crippen LogP contribution in [0, 0.1) is 0 Å². The number of halogens is 3. The molecule has 0 amide bonds. The van der Waals surface area contributed by atoms with Gasteiger partial charge in [0.05, 0.1) is 24.3 Å². The van der Waals surface area contributed by atoms with Crippen LogP contribution in [0.5, 0.6) is 0 Å². The van der Waals surface area contributed by atoms with Crippen molar-refractivity contribution in [3.05, 3.63) is 65.7 Å². The molecule has 1 N–H and O–H groups in total. The summed E-state index contributed by atoms with van der Waals surface area (Å²) in [5, 5.41) is 3.19. The molecule has 0 radical (unpaired) electrons. The summed E-state index contributed by atoms with van der Waals surface area (Å²) in [5.74, 6) is 0. The number of anilines is 1. The molecule has 0 heterocycles. The van der Waals surface area contributed by atoms with Crippen LogP contribution in [0.15, 0.2) is 54.6 Å². The van der Waals surface area contributed by atoms with Gasteiger partial charge in [-0.15, -0.1) is 0 Å². The predicted molar refractivity (Wildman–Crippen MR) is 85.2 cm³/mol. The summed E-state index contributed by atoms with van der Waals surface area (Å²) in [6.07, 6.45) is -4.31. The molecule has 0 saturated heterocycles. The van der Waals surface area contributed by atoms with E-state index in [4.69, 9.17) is 4.74 Å². The van der Waals surface area contributed by atoms with Gasteiger partial charge in [-0.25, -0.2) is 0 Å². The summed E-state index contributed by atoms with van der Waals surface area (Å²) in [5.41, 5.74) is 0.666. The Morgan fingerprint density at radius 1 is 0.913 bits per heavy atom. The third-order valence-corrected chi connectivity index (χ3v) is 3.27. The van der Waals surface area contributed by atoms with E-state index in [1.165, 1.54) is 12.1 Å². The van der Waals surface area contributed by atoms with Crippen molar-refractivity contribution in [3.8, 4) is 0 Å². The van der Waals surface area contributed by atoms with Crippen LogP contribution in [0.4, 0.5) is 18.9 Å². The summed E-state index contributed by atoms with van der Waals surface area (Å²) in [4.78, 5) is 0. The highest BCUT2D eigenvalue weighted by atomic mass is 19.4. The molecule has 0 aliphatic rings. The van der Waals surface area contributed by atoms with E-state index in [-0.39, 0.29) is 0 Å². The van der Waals surface area contributed by atoms with Crippen LogP contribution >= 0.6 is 0 Å². The van der Waals surface area contributed by atoms with Gasteiger partial charge in [0, 0.05) is 5.69 Å². The van der Waals surface area contributed by atoms with Gasteiger partial charge < -0.3 is 10.1 Å². The lowest BCUT2D eigenvalue weighted by molar-refractivity contribution is -0.137. The Hall–Kier alpha value is -2.01. The van der Waals surface area contributed by atoms with Crippen molar-refractivity contribution < 1.29 is 17.9 Å². The van der Waals surface area contributed by atoms with Gasteiger partial charge in [0.25, 0.3) is 0 Å². The second-order valence-corrected chi connectivity index (χ2v) is 6.06. The van der Waals surface area contributed by atoms with Gasteiger partial charge in [0.15, 0.2) is 0 Å². The van der Waals surface area contributed by atoms with Crippen molar-refractivity contribution in [2.45, 2.75) is 32.2 Å². The first-order valence-electron chi connectivity index (χ1n) is 7.33. The fourth-order valence-electron chi connectivity index (χ4n) is 2.17. The molecule has 0 aliphatic carbocycles. The maximum absolute atomic E-state index is 12.5. The summed E-state index contributed by atoms with van der Waals surface area (Å²) in [7, 11) is 0. The van der Waals surface area contributed by atoms with E-state index in [9.17, 15) is 13.2 Å². The van der Waals surface area contributed by atoms with Gasteiger partial charge in [-0.1, -0.05) is 30.3 Å². The molecule has 0 aliphatic heterocycles. The second-order valence-electron chi connectivity index (χ2n) is 6.06. The van der Waals surface area contributed by atoms with E-state index >= 15 is 0 Å². The van der Waals surface area contributed by atoms with Crippen molar-refractivity contribution in [2.75, 3.05) is 11.9 Å². The normalized spacial score (nSPS) is 12.2. The Labute approximate surface area is 134 Å². The Morgan fingerprint density at radius 2 is 1.52 bits per heavy atom. The molecular weight excluding hydrogens is 303 g/mol. The third kappa shape index (κ3) is 5.60. The fourth-order valence-corrected chi connectivity index (χ4v) is 2.17. The Morgan fingerprint density at radius 3 is 2.09 bits per heavy atom. The van der Waals surface area contributed by atoms with Crippen molar-refractivity contribution in [1.82, 2.24) is 0 Å². The molecule has 0 fully saturated rings. The molecule has 2 aromatic carbocycles.